The summed E-state index contributed by atoms with van der Waals surface area (Å²) in [7, 11) is 0. The number of nitrogens with one attached hydrogen (secondary N) is 1. The Morgan fingerprint density at radius 2 is 2.00 bits per heavy atom. The molecule has 3 rings (SSSR count). The molecule has 0 aliphatic carbocycles. The van der Waals surface area contributed by atoms with Gasteiger partial charge in [-0.25, -0.2) is 4.79 Å². The van der Waals surface area contributed by atoms with Crippen LogP contribution in [0.1, 0.15) is 5.56 Å². The highest BCUT2D eigenvalue weighted by molar-refractivity contribution is 7.95. The Morgan fingerprint density at radius 1 is 1.19 bits per heavy atom. The minimum absolute atomic E-state index is 0.0357. The predicted octanol–water partition coefficient (Wildman–Crippen LogP) is 3.61. The lowest BCUT2D eigenvalue weighted by molar-refractivity contribution is 0.252. The van der Waals surface area contributed by atoms with E-state index in [0.29, 0.717) is 13.1 Å². The SMILES string of the molecule is Cc1cccc(OSc2ccc(N3CCNC3=O)cc2)c1. The molecule has 1 saturated heterocycles. The number of anilines is 1. The smallest absolute Gasteiger partial charge is 0.321 e. The summed E-state index contributed by atoms with van der Waals surface area (Å²) in [6.45, 7) is 3.45. The molecule has 2 aromatic carbocycles. The van der Waals surface area contributed by atoms with Crippen molar-refractivity contribution in [2.24, 2.45) is 0 Å². The van der Waals surface area contributed by atoms with Gasteiger partial charge in [0.25, 0.3) is 0 Å². The van der Waals surface area contributed by atoms with Gasteiger partial charge >= 0.3 is 6.03 Å². The summed E-state index contributed by atoms with van der Waals surface area (Å²) < 4.78 is 5.68. The van der Waals surface area contributed by atoms with Crippen LogP contribution >= 0.6 is 12.0 Å². The molecule has 2 amide bonds. The summed E-state index contributed by atoms with van der Waals surface area (Å²) >= 11 is 1.32. The Balaban J connectivity index is 1.63. The second kappa shape index (κ2) is 6.10. The summed E-state index contributed by atoms with van der Waals surface area (Å²) in [5.74, 6) is 0.836. The number of carbonyl (C=O) groups is 1. The number of carbonyl (C=O) groups excluding carboxylic acids is 1. The van der Waals surface area contributed by atoms with E-state index in [0.717, 1.165) is 16.3 Å². The van der Waals surface area contributed by atoms with Crippen molar-refractivity contribution in [2.75, 3.05) is 18.0 Å². The quantitative estimate of drug-likeness (QED) is 0.877. The monoisotopic (exact) mass is 300 g/mol. The summed E-state index contributed by atoms with van der Waals surface area (Å²) in [5.41, 5.74) is 2.08. The molecule has 4 nitrogen and oxygen atoms in total. The minimum atomic E-state index is -0.0357. The van der Waals surface area contributed by atoms with Crippen LogP contribution in [0.5, 0.6) is 5.75 Å². The molecule has 1 fully saturated rings. The average Bonchev–Trinajstić information content (AvgIpc) is 2.92. The van der Waals surface area contributed by atoms with Gasteiger partial charge in [-0.05, 0) is 48.9 Å². The average molecular weight is 300 g/mol. The van der Waals surface area contributed by atoms with Crippen LogP contribution in [-0.4, -0.2) is 19.1 Å². The van der Waals surface area contributed by atoms with Crippen molar-refractivity contribution < 1.29 is 8.98 Å². The van der Waals surface area contributed by atoms with E-state index >= 15 is 0 Å². The topological polar surface area (TPSA) is 41.6 Å². The number of hydrogen-bond donors (Lipinski definition) is 1. The Hall–Kier alpha value is -2.14. The van der Waals surface area contributed by atoms with Crippen molar-refractivity contribution in [3.8, 4) is 5.75 Å². The Bertz CT molecular complexity index is 643. The number of urea groups is 1. The van der Waals surface area contributed by atoms with Crippen LogP contribution in [0.25, 0.3) is 0 Å². The van der Waals surface area contributed by atoms with Gasteiger partial charge in [-0.1, -0.05) is 12.1 Å². The van der Waals surface area contributed by atoms with E-state index in [1.165, 1.54) is 17.6 Å². The van der Waals surface area contributed by atoms with Gasteiger partial charge in [0, 0.05) is 23.7 Å². The van der Waals surface area contributed by atoms with Gasteiger partial charge in [0.15, 0.2) is 0 Å². The summed E-state index contributed by atoms with van der Waals surface area (Å²) in [6, 6.07) is 15.7. The molecular formula is C16H16N2O2S. The molecule has 2 aromatic rings. The van der Waals surface area contributed by atoms with E-state index in [1.54, 1.807) is 4.90 Å². The van der Waals surface area contributed by atoms with Crippen molar-refractivity contribution in [1.29, 1.82) is 0 Å². The maximum atomic E-state index is 11.6. The van der Waals surface area contributed by atoms with Gasteiger partial charge in [-0.2, -0.15) is 0 Å². The number of amides is 2. The van der Waals surface area contributed by atoms with Crippen LogP contribution in [0.4, 0.5) is 10.5 Å². The van der Waals surface area contributed by atoms with Crippen LogP contribution in [0.3, 0.4) is 0 Å². The third-order valence-corrected chi connectivity index (χ3v) is 3.97. The van der Waals surface area contributed by atoms with E-state index < -0.39 is 0 Å². The maximum Gasteiger partial charge on any atom is 0.321 e. The molecule has 0 atom stereocenters. The number of rotatable bonds is 4. The fourth-order valence-electron chi connectivity index (χ4n) is 2.16. The highest BCUT2D eigenvalue weighted by atomic mass is 32.2. The highest BCUT2D eigenvalue weighted by Crippen LogP contribution is 2.26. The molecule has 0 radical (unpaired) electrons. The van der Waals surface area contributed by atoms with Crippen molar-refractivity contribution in [3.63, 3.8) is 0 Å². The van der Waals surface area contributed by atoms with Crippen molar-refractivity contribution in [3.05, 3.63) is 54.1 Å². The maximum absolute atomic E-state index is 11.6. The van der Waals surface area contributed by atoms with Crippen molar-refractivity contribution in [2.45, 2.75) is 11.8 Å². The lowest BCUT2D eigenvalue weighted by atomic mass is 10.2. The molecule has 108 valence electrons. The third-order valence-electron chi connectivity index (χ3n) is 3.23. The fraction of sp³-hybridized carbons (Fsp3) is 0.188. The first-order chi connectivity index (χ1) is 10.2. The Labute approximate surface area is 128 Å². The van der Waals surface area contributed by atoms with E-state index in [4.69, 9.17) is 4.18 Å². The number of hydrogen-bond acceptors (Lipinski definition) is 3. The van der Waals surface area contributed by atoms with Crippen LogP contribution in [0, 0.1) is 6.92 Å². The van der Waals surface area contributed by atoms with Crippen molar-refractivity contribution in [1.82, 2.24) is 5.32 Å². The van der Waals surface area contributed by atoms with Gasteiger partial charge in [-0.3, -0.25) is 4.90 Å². The van der Waals surface area contributed by atoms with Gasteiger partial charge in [-0.15, -0.1) is 0 Å². The van der Waals surface area contributed by atoms with Gasteiger partial charge in [0.1, 0.15) is 5.75 Å². The molecule has 21 heavy (non-hydrogen) atoms. The van der Waals surface area contributed by atoms with Crippen LogP contribution in [0.2, 0.25) is 0 Å². The first-order valence-electron chi connectivity index (χ1n) is 6.79. The Morgan fingerprint density at radius 3 is 2.67 bits per heavy atom. The highest BCUT2D eigenvalue weighted by Gasteiger charge is 2.20. The van der Waals surface area contributed by atoms with Crippen LogP contribution in [0.15, 0.2) is 53.4 Å². The summed E-state index contributed by atoms with van der Waals surface area (Å²) in [6.07, 6.45) is 0. The third kappa shape index (κ3) is 3.31. The molecule has 5 heteroatoms. The molecule has 0 spiro atoms. The lowest BCUT2D eigenvalue weighted by Crippen LogP contribution is -2.27. The molecule has 1 heterocycles. The largest absolute Gasteiger partial charge is 0.421 e. The molecular weight excluding hydrogens is 284 g/mol. The van der Waals surface area contributed by atoms with Gasteiger partial charge in [0.2, 0.25) is 0 Å². The van der Waals surface area contributed by atoms with Crippen LogP contribution < -0.4 is 14.4 Å². The van der Waals surface area contributed by atoms with Crippen LogP contribution in [-0.2, 0) is 0 Å². The molecule has 0 saturated carbocycles. The summed E-state index contributed by atoms with van der Waals surface area (Å²) in [4.78, 5) is 14.3. The van der Waals surface area contributed by atoms with Gasteiger partial charge in [0.05, 0.1) is 12.0 Å². The molecule has 0 unspecified atom stereocenters. The minimum Gasteiger partial charge on any atom is -0.421 e. The van der Waals surface area contributed by atoms with Crippen molar-refractivity contribution >= 4 is 23.8 Å². The first kappa shape index (κ1) is 13.8. The standard InChI is InChI=1S/C16H16N2O2S/c1-12-3-2-4-14(11-12)20-21-15-7-5-13(6-8-15)18-10-9-17-16(18)19/h2-8,11H,9-10H2,1H3,(H,17,19). The van der Waals surface area contributed by atoms with E-state index in [9.17, 15) is 4.79 Å². The molecule has 1 aliphatic rings. The normalized spacial score (nSPS) is 14.1. The fourth-order valence-corrected chi connectivity index (χ4v) is 2.71. The molecule has 0 bridgehead atoms. The second-order valence-corrected chi connectivity index (χ2v) is 5.67. The predicted molar refractivity (Wildman–Crippen MR) is 84.9 cm³/mol. The first-order valence-corrected chi connectivity index (χ1v) is 7.53. The van der Waals surface area contributed by atoms with E-state index in [1.807, 2.05) is 55.5 Å². The number of benzene rings is 2. The molecule has 1 N–H and O–H groups in total. The lowest BCUT2D eigenvalue weighted by Gasteiger charge is -2.14. The Kier molecular flexibility index (Phi) is 4.01. The van der Waals surface area contributed by atoms with E-state index in [-0.39, 0.29) is 6.03 Å². The molecule has 0 aromatic heterocycles. The second-order valence-electron chi connectivity index (χ2n) is 4.86. The zero-order valence-corrected chi connectivity index (χ0v) is 12.5. The summed E-state index contributed by atoms with van der Waals surface area (Å²) in [5, 5.41) is 2.79. The number of nitrogens with zero attached hydrogens (tertiary/aromatic N) is 1. The van der Waals surface area contributed by atoms with Gasteiger partial charge < -0.3 is 9.50 Å². The molecule has 1 aliphatic heterocycles. The zero-order valence-electron chi connectivity index (χ0n) is 11.7. The zero-order chi connectivity index (χ0) is 14.7. The van der Waals surface area contributed by atoms with E-state index in [2.05, 4.69) is 5.32 Å². The number of aryl methyl sites for hydroxylation is 1.